The summed E-state index contributed by atoms with van der Waals surface area (Å²) in [7, 11) is 1.45. The van der Waals surface area contributed by atoms with E-state index in [0.717, 1.165) is 12.0 Å². The van der Waals surface area contributed by atoms with Crippen LogP contribution in [0.1, 0.15) is 24.9 Å². The number of rotatable bonds is 3. The predicted molar refractivity (Wildman–Crippen MR) is 57.4 cm³/mol. The Bertz CT molecular complexity index is 293. The summed E-state index contributed by atoms with van der Waals surface area (Å²) in [6.07, 6.45) is 0.764. The molecule has 0 bridgehead atoms. The van der Waals surface area contributed by atoms with Gasteiger partial charge in [0, 0.05) is 11.6 Å². The van der Waals surface area contributed by atoms with E-state index in [0.29, 0.717) is 0 Å². The number of para-hydroxylation sites is 1. The number of halogens is 2. The minimum Gasteiger partial charge on any atom is -0.493 e. The average Bonchev–Trinajstić information content (AvgIpc) is 2.16. The summed E-state index contributed by atoms with van der Waals surface area (Å²) in [6, 6.07) is 4.63. The van der Waals surface area contributed by atoms with Gasteiger partial charge in [-0.15, -0.1) is 12.4 Å². The summed E-state index contributed by atoms with van der Waals surface area (Å²) < 4.78 is 18.1. The van der Waals surface area contributed by atoms with Crippen LogP contribution in [0.3, 0.4) is 0 Å². The monoisotopic (exact) mass is 219 g/mol. The van der Waals surface area contributed by atoms with Gasteiger partial charge in [-0.3, -0.25) is 0 Å². The summed E-state index contributed by atoms with van der Waals surface area (Å²) in [5.74, 6) is -0.0965. The second-order valence-corrected chi connectivity index (χ2v) is 2.88. The van der Waals surface area contributed by atoms with Gasteiger partial charge in [-0.2, -0.15) is 0 Å². The van der Waals surface area contributed by atoms with E-state index in [4.69, 9.17) is 10.5 Å². The summed E-state index contributed by atoms with van der Waals surface area (Å²) in [5.41, 5.74) is 6.52. The van der Waals surface area contributed by atoms with Crippen LogP contribution >= 0.6 is 12.4 Å². The topological polar surface area (TPSA) is 35.2 Å². The standard InChI is InChI=1S/C10H14FNO.ClH/c1-3-9(12)7-5-4-6-8(11)10(7)13-2;/h4-6,9H,3,12H2,1-2H3;1H. The molecule has 0 saturated heterocycles. The first-order valence-electron chi connectivity index (χ1n) is 4.28. The van der Waals surface area contributed by atoms with Gasteiger partial charge in [-0.05, 0) is 12.5 Å². The van der Waals surface area contributed by atoms with Gasteiger partial charge in [0.1, 0.15) is 0 Å². The predicted octanol–water partition coefficient (Wildman–Crippen LogP) is 2.67. The summed E-state index contributed by atoms with van der Waals surface area (Å²) in [4.78, 5) is 0. The van der Waals surface area contributed by atoms with Gasteiger partial charge < -0.3 is 10.5 Å². The average molecular weight is 220 g/mol. The lowest BCUT2D eigenvalue weighted by Crippen LogP contribution is -2.10. The quantitative estimate of drug-likeness (QED) is 0.849. The third kappa shape index (κ3) is 2.59. The molecule has 1 unspecified atom stereocenters. The Morgan fingerprint density at radius 3 is 2.64 bits per heavy atom. The van der Waals surface area contributed by atoms with E-state index in [9.17, 15) is 4.39 Å². The van der Waals surface area contributed by atoms with E-state index in [1.807, 2.05) is 6.92 Å². The molecule has 0 aliphatic heterocycles. The van der Waals surface area contributed by atoms with Gasteiger partial charge in [-0.1, -0.05) is 19.1 Å². The molecule has 0 heterocycles. The number of benzene rings is 1. The molecule has 0 saturated carbocycles. The lowest BCUT2D eigenvalue weighted by Gasteiger charge is -2.13. The molecule has 2 N–H and O–H groups in total. The van der Waals surface area contributed by atoms with Crippen molar-refractivity contribution in [3.8, 4) is 5.75 Å². The zero-order chi connectivity index (χ0) is 9.84. The lowest BCUT2D eigenvalue weighted by atomic mass is 10.0. The summed E-state index contributed by atoms with van der Waals surface area (Å²) in [6.45, 7) is 1.95. The van der Waals surface area contributed by atoms with E-state index < -0.39 is 0 Å². The second kappa shape index (κ2) is 5.83. The molecule has 1 rings (SSSR count). The van der Waals surface area contributed by atoms with Crippen molar-refractivity contribution in [2.24, 2.45) is 5.73 Å². The first-order chi connectivity index (χ1) is 6.20. The van der Waals surface area contributed by atoms with Gasteiger partial charge in [0.25, 0.3) is 0 Å². The summed E-state index contributed by atoms with van der Waals surface area (Å²) >= 11 is 0. The number of ether oxygens (including phenoxy) is 1. The van der Waals surface area contributed by atoms with E-state index in [2.05, 4.69) is 0 Å². The van der Waals surface area contributed by atoms with Gasteiger partial charge in [0.05, 0.1) is 7.11 Å². The van der Waals surface area contributed by atoms with E-state index in [1.54, 1.807) is 12.1 Å². The maximum Gasteiger partial charge on any atom is 0.165 e. The van der Waals surface area contributed by atoms with E-state index in [-0.39, 0.29) is 30.0 Å². The van der Waals surface area contributed by atoms with Gasteiger partial charge in [0.15, 0.2) is 11.6 Å². The minimum absolute atomic E-state index is 0. The number of methoxy groups -OCH3 is 1. The van der Waals surface area contributed by atoms with Crippen molar-refractivity contribution in [3.05, 3.63) is 29.6 Å². The Labute approximate surface area is 89.7 Å². The molecule has 0 aromatic heterocycles. The van der Waals surface area contributed by atoms with Crippen molar-refractivity contribution >= 4 is 12.4 Å². The van der Waals surface area contributed by atoms with E-state index in [1.165, 1.54) is 13.2 Å². The SMILES string of the molecule is CCC(N)c1cccc(F)c1OC.Cl. The highest BCUT2D eigenvalue weighted by Gasteiger charge is 2.13. The zero-order valence-electron chi connectivity index (χ0n) is 8.29. The minimum atomic E-state index is -0.357. The molecule has 0 aliphatic carbocycles. The van der Waals surface area contributed by atoms with E-state index >= 15 is 0 Å². The summed E-state index contributed by atoms with van der Waals surface area (Å²) in [5, 5.41) is 0. The maximum absolute atomic E-state index is 13.2. The third-order valence-electron chi connectivity index (χ3n) is 2.04. The fourth-order valence-electron chi connectivity index (χ4n) is 1.25. The van der Waals surface area contributed by atoms with Gasteiger partial charge >= 0.3 is 0 Å². The molecular formula is C10H15ClFNO. The smallest absolute Gasteiger partial charge is 0.165 e. The molecule has 0 amide bonds. The molecule has 0 fully saturated rings. The van der Waals surface area contributed by atoms with Crippen molar-refractivity contribution in [2.45, 2.75) is 19.4 Å². The number of nitrogens with two attached hydrogens (primary N) is 1. The molecule has 0 aliphatic rings. The van der Waals surface area contributed by atoms with Crippen LogP contribution in [0.2, 0.25) is 0 Å². The number of hydrogen-bond donors (Lipinski definition) is 1. The highest BCUT2D eigenvalue weighted by atomic mass is 35.5. The highest BCUT2D eigenvalue weighted by Crippen LogP contribution is 2.27. The molecule has 14 heavy (non-hydrogen) atoms. The van der Waals surface area contributed by atoms with Crippen molar-refractivity contribution in [1.82, 2.24) is 0 Å². The Kier molecular flexibility index (Phi) is 5.50. The molecule has 80 valence electrons. The Balaban J connectivity index is 0.00000169. The molecule has 0 radical (unpaired) electrons. The fourth-order valence-corrected chi connectivity index (χ4v) is 1.25. The van der Waals surface area contributed by atoms with Crippen molar-refractivity contribution < 1.29 is 9.13 Å². The molecule has 4 heteroatoms. The Morgan fingerprint density at radius 2 is 2.14 bits per heavy atom. The third-order valence-corrected chi connectivity index (χ3v) is 2.04. The van der Waals surface area contributed by atoms with Crippen LogP contribution in [0.15, 0.2) is 18.2 Å². The lowest BCUT2D eigenvalue weighted by molar-refractivity contribution is 0.377. The zero-order valence-corrected chi connectivity index (χ0v) is 9.10. The molecule has 1 atom stereocenters. The Morgan fingerprint density at radius 1 is 1.50 bits per heavy atom. The van der Waals surface area contributed by atoms with Gasteiger partial charge in [-0.25, -0.2) is 4.39 Å². The Hall–Kier alpha value is -0.800. The first-order valence-corrected chi connectivity index (χ1v) is 4.28. The van der Waals surface area contributed by atoms with Crippen LogP contribution in [0.25, 0.3) is 0 Å². The van der Waals surface area contributed by atoms with Crippen LogP contribution in [-0.4, -0.2) is 7.11 Å². The molecular weight excluding hydrogens is 205 g/mol. The maximum atomic E-state index is 13.2. The fraction of sp³-hybridized carbons (Fsp3) is 0.400. The molecule has 1 aromatic rings. The first kappa shape index (κ1) is 13.2. The second-order valence-electron chi connectivity index (χ2n) is 2.88. The van der Waals surface area contributed by atoms with Crippen molar-refractivity contribution in [3.63, 3.8) is 0 Å². The molecule has 0 spiro atoms. The van der Waals surface area contributed by atoms with Gasteiger partial charge in [0.2, 0.25) is 0 Å². The van der Waals surface area contributed by atoms with Crippen LogP contribution in [0.5, 0.6) is 5.75 Å². The van der Waals surface area contributed by atoms with Crippen molar-refractivity contribution in [2.75, 3.05) is 7.11 Å². The van der Waals surface area contributed by atoms with Crippen LogP contribution in [0.4, 0.5) is 4.39 Å². The van der Waals surface area contributed by atoms with Crippen LogP contribution in [0, 0.1) is 5.82 Å². The normalized spacial score (nSPS) is 11.7. The van der Waals surface area contributed by atoms with Crippen LogP contribution in [-0.2, 0) is 0 Å². The number of hydrogen-bond acceptors (Lipinski definition) is 2. The van der Waals surface area contributed by atoms with Crippen LogP contribution < -0.4 is 10.5 Å². The largest absolute Gasteiger partial charge is 0.493 e. The molecule has 1 aromatic carbocycles. The van der Waals surface area contributed by atoms with Crippen molar-refractivity contribution in [1.29, 1.82) is 0 Å². The highest BCUT2D eigenvalue weighted by molar-refractivity contribution is 5.85. The molecule has 2 nitrogen and oxygen atoms in total.